The maximum absolute atomic E-state index is 15.3. The van der Waals surface area contributed by atoms with Crippen LogP contribution in [0, 0.1) is 11.6 Å². The SMILES string of the molecule is CCc1cnc(N2CCC(n3cc(F)c4c(Nc5ccc(C(=O)N6CCC[C@@H]6CO)cc5F)ncnc43)CC2)nc1. The molecule has 41 heavy (non-hydrogen) atoms. The molecule has 3 aromatic heterocycles. The van der Waals surface area contributed by atoms with Gasteiger partial charge in [0.15, 0.2) is 5.82 Å². The van der Waals surface area contributed by atoms with E-state index in [0.29, 0.717) is 18.1 Å². The second kappa shape index (κ2) is 11.4. The molecule has 10 nitrogen and oxygen atoms in total. The number of aryl methyl sites for hydroxylation is 1. The molecule has 2 saturated heterocycles. The first-order valence-electron chi connectivity index (χ1n) is 14.0. The smallest absolute Gasteiger partial charge is 0.254 e. The Labute approximate surface area is 236 Å². The Morgan fingerprint density at radius 2 is 1.83 bits per heavy atom. The molecule has 2 aliphatic rings. The van der Waals surface area contributed by atoms with Crippen LogP contribution in [0.3, 0.4) is 0 Å². The molecule has 214 valence electrons. The second-order valence-electron chi connectivity index (χ2n) is 10.6. The van der Waals surface area contributed by atoms with Crippen molar-refractivity contribution in [2.75, 3.05) is 36.5 Å². The van der Waals surface area contributed by atoms with Crippen LogP contribution < -0.4 is 10.2 Å². The molecule has 0 radical (unpaired) electrons. The number of carbonyl (C=O) groups excluding carboxylic acids is 1. The first-order chi connectivity index (χ1) is 20.0. The molecule has 6 rings (SSSR count). The van der Waals surface area contributed by atoms with Crippen LogP contribution in [0.25, 0.3) is 11.0 Å². The number of carbonyl (C=O) groups is 1. The lowest BCUT2D eigenvalue weighted by Gasteiger charge is -2.32. The summed E-state index contributed by atoms with van der Waals surface area (Å²) in [6, 6.07) is 3.89. The Balaban J connectivity index is 1.19. The number of hydrogen-bond donors (Lipinski definition) is 2. The molecule has 1 amide bonds. The van der Waals surface area contributed by atoms with Gasteiger partial charge in [-0.25, -0.2) is 28.7 Å². The molecule has 0 bridgehead atoms. The van der Waals surface area contributed by atoms with Gasteiger partial charge in [0.1, 0.15) is 23.6 Å². The highest BCUT2D eigenvalue weighted by atomic mass is 19.1. The normalized spacial score (nSPS) is 17.9. The van der Waals surface area contributed by atoms with E-state index >= 15 is 8.78 Å². The highest BCUT2D eigenvalue weighted by molar-refractivity contribution is 5.95. The summed E-state index contributed by atoms with van der Waals surface area (Å²) < 4.78 is 32.3. The third-order valence-electron chi connectivity index (χ3n) is 8.12. The number of nitrogens with zero attached hydrogens (tertiary/aromatic N) is 7. The molecule has 2 N–H and O–H groups in total. The van der Waals surface area contributed by atoms with Crippen molar-refractivity contribution < 1.29 is 18.7 Å². The van der Waals surface area contributed by atoms with Gasteiger partial charge in [0.2, 0.25) is 5.95 Å². The van der Waals surface area contributed by atoms with Gasteiger partial charge in [-0.15, -0.1) is 0 Å². The first-order valence-corrected chi connectivity index (χ1v) is 14.0. The highest BCUT2D eigenvalue weighted by Crippen LogP contribution is 2.33. The molecule has 2 fully saturated rings. The predicted octanol–water partition coefficient (Wildman–Crippen LogP) is 4.24. The number of amides is 1. The quantitative estimate of drug-likeness (QED) is 0.344. The number of halogens is 2. The van der Waals surface area contributed by atoms with Gasteiger partial charge in [-0.2, -0.15) is 0 Å². The van der Waals surface area contributed by atoms with Crippen LogP contribution in [0.1, 0.15) is 54.6 Å². The molecule has 5 heterocycles. The van der Waals surface area contributed by atoms with E-state index in [1.165, 1.54) is 24.7 Å². The maximum Gasteiger partial charge on any atom is 0.254 e. The van der Waals surface area contributed by atoms with E-state index in [0.717, 1.165) is 56.8 Å². The average molecular weight is 563 g/mol. The molecule has 1 aromatic carbocycles. The third kappa shape index (κ3) is 5.19. The van der Waals surface area contributed by atoms with E-state index in [1.54, 1.807) is 4.90 Å². The summed E-state index contributed by atoms with van der Waals surface area (Å²) in [5.74, 6) is -0.647. The van der Waals surface area contributed by atoms with Crippen LogP contribution in [0.2, 0.25) is 0 Å². The molecule has 0 saturated carbocycles. The summed E-state index contributed by atoms with van der Waals surface area (Å²) >= 11 is 0. The Kier molecular flexibility index (Phi) is 7.48. The van der Waals surface area contributed by atoms with Crippen LogP contribution in [-0.2, 0) is 6.42 Å². The van der Waals surface area contributed by atoms with E-state index in [1.807, 2.05) is 17.0 Å². The van der Waals surface area contributed by atoms with Crippen molar-refractivity contribution in [1.29, 1.82) is 0 Å². The largest absolute Gasteiger partial charge is 0.394 e. The molecule has 0 aliphatic carbocycles. The van der Waals surface area contributed by atoms with E-state index in [-0.39, 0.29) is 47.1 Å². The van der Waals surface area contributed by atoms with E-state index in [2.05, 4.69) is 37.1 Å². The third-order valence-corrected chi connectivity index (χ3v) is 8.12. The number of aromatic nitrogens is 5. The average Bonchev–Trinajstić information content (AvgIpc) is 3.63. The van der Waals surface area contributed by atoms with Crippen molar-refractivity contribution in [2.24, 2.45) is 0 Å². The van der Waals surface area contributed by atoms with Gasteiger partial charge in [-0.3, -0.25) is 4.79 Å². The topological polar surface area (TPSA) is 112 Å². The van der Waals surface area contributed by atoms with Crippen molar-refractivity contribution in [3.05, 3.63) is 65.9 Å². The van der Waals surface area contributed by atoms with Gasteiger partial charge in [-0.05, 0) is 55.9 Å². The van der Waals surface area contributed by atoms with Crippen LogP contribution in [0.4, 0.5) is 26.2 Å². The number of benzene rings is 1. The summed E-state index contributed by atoms with van der Waals surface area (Å²) in [5.41, 5.74) is 1.77. The van der Waals surface area contributed by atoms with E-state index in [9.17, 15) is 9.90 Å². The van der Waals surface area contributed by atoms with E-state index in [4.69, 9.17) is 0 Å². The zero-order chi connectivity index (χ0) is 28.5. The van der Waals surface area contributed by atoms with Gasteiger partial charge in [0.25, 0.3) is 5.91 Å². The van der Waals surface area contributed by atoms with Crippen molar-refractivity contribution in [1.82, 2.24) is 29.4 Å². The number of piperidine rings is 1. The van der Waals surface area contributed by atoms with Gasteiger partial charge in [0, 0.05) is 49.8 Å². The van der Waals surface area contributed by atoms with Crippen LogP contribution in [0.15, 0.2) is 43.1 Å². The monoisotopic (exact) mass is 562 g/mol. The maximum atomic E-state index is 15.3. The summed E-state index contributed by atoms with van der Waals surface area (Å²) in [7, 11) is 0. The lowest BCUT2D eigenvalue weighted by Crippen LogP contribution is -2.37. The minimum atomic E-state index is -0.663. The number of rotatable bonds is 7. The number of anilines is 3. The van der Waals surface area contributed by atoms with Crippen LogP contribution >= 0.6 is 0 Å². The summed E-state index contributed by atoms with van der Waals surface area (Å²) in [5, 5.41) is 12.6. The molecule has 0 unspecified atom stereocenters. The molecule has 12 heteroatoms. The molecular weight excluding hydrogens is 530 g/mol. The van der Waals surface area contributed by atoms with Gasteiger partial charge in [0.05, 0.1) is 23.7 Å². The summed E-state index contributed by atoms with van der Waals surface area (Å²) in [6.45, 7) is 3.91. The van der Waals surface area contributed by atoms with Crippen molar-refractivity contribution >= 4 is 34.4 Å². The van der Waals surface area contributed by atoms with Crippen molar-refractivity contribution in [3.63, 3.8) is 0 Å². The Morgan fingerprint density at radius 3 is 2.54 bits per heavy atom. The Hall–Kier alpha value is -4.19. The summed E-state index contributed by atoms with van der Waals surface area (Å²) in [6.07, 6.45) is 10.4. The number of aliphatic hydroxyl groups is 1. The first kappa shape index (κ1) is 27.0. The molecule has 2 aliphatic heterocycles. The highest BCUT2D eigenvalue weighted by Gasteiger charge is 2.30. The zero-order valence-electron chi connectivity index (χ0n) is 22.8. The standard InChI is InChI=1S/C29H32F2N8O2/c1-2-18-13-32-29(33-14-18)37-10-7-20(8-11-37)39-15-23(31)25-26(34-17-35-27(25)39)36-24-6-5-19(12-22(24)30)28(41)38-9-3-4-21(38)16-40/h5-6,12-15,17,20-21,40H,2-4,7-11,16H2,1H3,(H,34,35,36)/t21-/m1/s1. The van der Waals surface area contributed by atoms with E-state index < -0.39 is 11.6 Å². The van der Waals surface area contributed by atoms with Crippen molar-refractivity contribution in [2.45, 2.75) is 51.1 Å². The molecule has 0 spiro atoms. The van der Waals surface area contributed by atoms with Crippen LogP contribution in [-0.4, -0.2) is 72.7 Å². The minimum Gasteiger partial charge on any atom is -0.394 e. The fourth-order valence-corrected chi connectivity index (χ4v) is 5.79. The lowest BCUT2D eigenvalue weighted by atomic mass is 10.1. The molecule has 1 atom stereocenters. The fraction of sp³-hybridized carbons (Fsp3) is 0.414. The Morgan fingerprint density at radius 1 is 1.05 bits per heavy atom. The second-order valence-corrected chi connectivity index (χ2v) is 10.6. The molecular formula is C29H32F2N8O2. The number of fused-ring (bicyclic) bond motifs is 1. The number of likely N-dealkylation sites (tertiary alicyclic amines) is 1. The fourth-order valence-electron chi connectivity index (χ4n) is 5.79. The van der Waals surface area contributed by atoms with Crippen LogP contribution in [0.5, 0.6) is 0 Å². The zero-order valence-corrected chi connectivity index (χ0v) is 22.8. The Bertz CT molecular complexity index is 1550. The minimum absolute atomic E-state index is 0.0197. The van der Waals surface area contributed by atoms with Gasteiger partial charge in [-0.1, -0.05) is 6.92 Å². The van der Waals surface area contributed by atoms with Gasteiger partial charge >= 0.3 is 0 Å². The predicted molar refractivity (Wildman–Crippen MR) is 150 cm³/mol. The summed E-state index contributed by atoms with van der Waals surface area (Å²) in [4.78, 5) is 34.1. The van der Waals surface area contributed by atoms with Crippen molar-refractivity contribution in [3.8, 4) is 0 Å². The number of aliphatic hydroxyl groups excluding tert-OH is 1. The lowest BCUT2D eigenvalue weighted by molar-refractivity contribution is 0.0677. The molecule has 4 aromatic rings. The van der Waals surface area contributed by atoms with Gasteiger partial charge < -0.3 is 24.8 Å². The number of nitrogens with one attached hydrogen (secondary N) is 1. The number of hydrogen-bond acceptors (Lipinski definition) is 8.